The lowest BCUT2D eigenvalue weighted by Crippen LogP contribution is -2.63. The van der Waals surface area contributed by atoms with Crippen molar-refractivity contribution in [2.45, 2.75) is 148 Å². The van der Waals surface area contributed by atoms with Crippen molar-refractivity contribution >= 4 is 8.32 Å². The van der Waals surface area contributed by atoms with Crippen molar-refractivity contribution in [3.8, 4) is 0 Å². The maximum Gasteiger partial charge on any atom is 0.192 e. The van der Waals surface area contributed by atoms with Crippen LogP contribution in [0.4, 0.5) is 0 Å². The molecule has 6 rings (SSSR count). The van der Waals surface area contributed by atoms with Crippen LogP contribution in [0.15, 0.2) is 0 Å². The second kappa shape index (κ2) is 7.14. The van der Waals surface area contributed by atoms with Crippen LogP contribution in [0.2, 0.25) is 18.1 Å². The van der Waals surface area contributed by atoms with Gasteiger partial charge in [-0.15, -0.1) is 0 Å². The first-order valence-electron chi connectivity index (χ1n) is 14.6. The van der Waals surface area contributed by atoms with E-state index in [-0.39, 0.29) is 16.6 Å². The number of fused-ring (bicyclic) bond motifs is 8. The molecule has 0 bridgehead atoms. The molecular formula is C30H52O3Si. The standard InChI is InChI=1S/C30H52O3Si/c1-26(2,3)34(8,9)33-22-11-10-19-23-20(12-13-29(19,22)7)28(6)14-15-30(16-17-30)18-21(28)24-25(23)32-27(4,5)31-24/h19-25H,10-18H2,1-9H3/t19?,20?,21?,22?,23?,24?,25?,28-,29+/m1/s1. The summed E-state index contributed by atoms with van der Waals surface area (Å²) < 4.78 is 20.9. The Hall–Kier alpha value is 0.0969. The third kappa shape index (κ3) is 3.36. The molecule has 1 saturated heterocycles. The van der Waals surface area contributed by atoms with Crippen molar-refractivity contribution in [3.63, 3.8) is 0 Å². The van der Waals surface area contributed by atoms with Gasteiger partial charge in [0, 0.05) is 0 Å². The summed E-state index contributed by atoms with van der Waals surface area (Å²) in [6, 6.07) is 0. The molecule has 1 aliphatic heterocycles. The molecule has 0 amide bonds. The molecule has 5 aliphatic carbocycles. The monoisotopic (exact) mass is 488 g/mol. The van der Waals surface area contributed by atoms with Crippen LogP contribution in [0.3, 0.4) is 0 Å². The van der Waals surface area contributed by atoms with Crippen LogP contribution in [-0.4, -0.2) is 32.4 Å². The van der Waals surface area contributed by atoms with E-state index in [1.165, 1.54) is 57.8 Å². The predicted octanol–water partition coefficient (Wildman–Crippen LogP) is 7.94. The second-order valence-electron chi connectivity index (χ2n) is 16.2. The highest BCUT2D eigenvalue weighted by Gasteiger charge is 2.70. The van der Waals surface area contributed by atoms with E-state index in [4.69, 9.17) is 13.9 Å². The number of hydrogen-bond acceptors (Lipinski definition) is 3. The molecule has 6 fully saturated rings. The molecule has 1 heterocycles. The molecule has 7 unspecified atom stereocenters. The third-order valence-electron chi connectivity index (χ3n) is 12.9. The summed E-state index contributed by atoms with van der Waals surface area (Å²) in [4.78, 5) is 0. The molecule has 0 aromatic heterocycles. The van der Waals surface area contributed by atoms with E-state index in [1.54, 1.807) is 0 Å². The molecule has 0 aromatic carbocycles. The molecule has 5 saturated carbocycles. The van der Waals surface area contributed by atoms with Gasteiger partial charge in [0.25, 0.3) is 0 Å². The van der Waals surface area contributed by atoms with Gasteiger partial charge in [0.2, 0.25) is 0 Å². The molecule has 194 valence electrons. The van der Waals surface area contributed by atoms with Gasteiger partial charge in [0.1, 0.15) is 0 Å². The quantitative estimate of drug-likeness (QED) is 0.369. The average molecular weight is 489 g/mol. The van der Waals surface area contributed by atoms with Crippen LogP contribution in [-0.2, 0) is 13.9 Å². The first kappa shape index (κ1) is 24.4. The Labute approximate surface area is 210 Å². The van der Waals surface area contributed by atoms with Gasteiger partial charge < -0.3 is 13.9 Å². The van der Waals surface area contributed by atoms with Crippen LogP contribution >= 0.6 is 0 Å². The molecule has 3 nitrogen and oxygen atoms in total. The normalized spacial score (nSPS) is 50.9. The maximum atomic E-state index is 7.20. The highest BCUT2D eigenvalue weighted by Crippen LogP contribution is 2.72. The van der Waals surface area contributed by atoms with E-state index in [0.29, 0.717) is 40.8 Å². The number of hydrogen-bond donors (Lipinski definition) is 0. The first-order chi connectivity index (χ1) is 15.6. The Morgan fingerprint density at radius 1 is 0.735 bits per heavy atom. The Kier molecular flexibility index (Phi) is 5.13. The molecule has 0 N–H and O–H groups in total. The van der Waals surface area contributed by atoms with E-state index in [9.17, 15) is 0 Å². The summed E-state index contributed by atoms with van der Waals surface area (Å²) in [6.07, 6.45) is 13.4. The molecule has 6 aliphatic rings. The Balaban J connectivity index is 1.34. The maximum absolute atomic E-state index is 7.20. The molecule has 34 heavy (non-hydrogen) atoms. The van der Waals surface area contributed by atoms with Crippen molar-refractivity contribution < 1.29 is 13.9 Å². The van der Waals surface area contributed by atoms with Crippen LogP contribution in [0, 0.1) is 39.9 Å². The minimum absolute atomic E-state index is 0.266. The molecule has 9 atom stereocenters. The fourth-order valence-corrected chi connectivity index (χ4v) is 11.1. The Bertz CT molecular complexity index is 840. The van der Waals surface area contributed by atoms with E-state index in [2.05, 4.69) is 61.6 Å². The lowest BCUT2D eigenvalue weighted by Gasteiger charge is -2.63. The number of rotatable bonds is 2. The van der Waals surface area contributed by atoms with Gasteiger partial charge in [-0.05, 0) is 130 Å². The summed E-state index contributed by atoms with van der Waals surface area (Å²) in [5, 5.41) is 0.266. The lowest BCUT2D eigenvalue weighted by atomic mass is 9.43. The first-order valence-corrected chi connectivity index (χ1v) is 17.6. The fourth-order valence-electron chi connectivity index (χ4n) is 9.63. The fraction of sp³-hybridized carbons (Fsp3) is 1.00. The van der Waals surface area contributed by atoms with E-state index < -0.39 is 14.1 Å². The molecular weight excluding hydrogens is 436 g/mol. The third-order valence-corrected chi connectivity index (χ3v) is 17.4. The topological polar surface area (TPSA) is 27.7 Å². The summed E-state index contributed by atoms with van der Waals surface area (Å²) in [7, 11) is -1.79. The van der Waals surface area contributed by atoms with Crippen LogP contribution in [0.5, 0.6) is 0 Å². The average Bonchev–Trinajstić information content (AvgIpc) is 3.28. The largest absolute Gasteiger partial charge is 0.413 e. The van der Waals surface area contributed by atoms with E-state index in [0.717, 1.165) is 5.92 Å². The Morgan fingerprint density at radius 3 is 2.00 bits per heavy atom. The summed E-state index contributed by atoms with van der Waals surface area (Å²) in [6.45, 7) is 21.7. The highest BCUT2D eigenvalue weighted by molar-refractivity contribution is 6.74. The molecule has 0 radical (unpaired) electrons. The van der Waals surface area contributed by atoms with Crippen molar-refractivity contribution in [2.75, 3.05) is 0 Å². The minimum Gasteiger partial charge on any atom is -0.413 e. The van der Waals surface area contributed by atoms with E-state index >= 15 is 0 Å². The Morgan fingerprint density at radius 2 is 1.35 bits per heavy atom. The van der Waals surface area contributed by atoms with Gasteiger partial charge in [-0.1, -0.05) is 34.6 Å². The van der Waals surface area contributed by atoms with Gasteiger partial charge in [-0.2, -0.15) is 0 Å². The molecule has 1 spiro atoms. The smallest absolute Gasteiger partial charge is 0.192 e. The molecule has 0 aromatic rings. The van der Waals surface area contributed by atoms with Crippen LogP contribution in [0.1, 0.15) is 106 Å². The predicted molar refractivity (Wildman–Crippen MR) is 140 cm³/mol. The van der Waals surface area contributed by atoms with Crippen molar-refractivity contribution in [3.05, 3.63) is 0 Å². The summed E-state index contributed by atoms with van der Waals surface area (Å²) >= 11 is 0. The summed E-state index contributed by atoms with van der Waals surface area (Å²) in [5.74, 6) is 2.37. The minimum atomic E-state index is -1.79. The highest BCUT2D eigenvalue weighted by atomic mass is 28.4. The van der Waals surface area contributed by atoms with E-state index in [1.807, 2.05) is 0 Å². The lowest BCUT2D eigenvalue weighted by molar-refractivity contribution is -0.189. The zero-order chi connectivity index (χ0) is 24.5. The SMILES string of the molecule is CC1(C)OC2C(O1)C1CC3(CC3)CC[C@]1(C)C1CC[C@]3(C)C(O[Si](C)(C)C(C)(C)C)CCC3C21. The van der Waals surface area contributed by atoms with Crippen LogP contribution < -0.4 is 0 Å². The summed E-state index contributed by atoms with van der Waals surface area (Å²) in [5.41, 5.74) is 1.37. The van der Waals surface area contributed by atoms with Crippen molar-refractivity contribution in [2.24, 2.45) is 39.9 Å². The molecule has 4 heteroatoms. The van der Waals surface area contributed by atoms with Gasteiger partial charge in [-0.3, -0.25) is 0 Å². The van der Waals surface area contributed by atoms with Gasteiger partial charge in [-0.25, -0.2) is 0 Å². The second-order valence-corrected chi connectivity index (χ2v) is 20.9. The zero-order valence-corrected chi connectivity index (χ0v) is 24.6. The van der Waals surface area contributed by atoms with Gasteiger partial charge >= 0.3 is 0 Å². The van der Waals surface area contributed by atoms with Crippen molar-refractivity contribution in [1.29, 1.82) is 0 Å². The van der Waals surface area contributed by atoms with Crippen molar-refractivity contribution in [1.82, 2.24) is 0 Å². The van der Waals surface area contributed by atoms with Crippen LogP contribution in [0.25, 0.3) is 0 Å². The number of ether oxygens (including phenoxy) is 2. The van der Waals surface area contributed by atoms with Gasteiger partial charge in [0.15, 0.2) is 14.1 Å². The zero-order valence-electron chi connectivity index (χ0n) is 23.6. The van der Waals surface area contributed by atoms with Gasteiger partial charge in [0.05, 0.1) is 18.3 Å².